The third kappa shape index (κ3) is 2.55. The van der Waals surface area contributed by atoms with Crippen LogP contribution in [-0.4, -0.2) is 31.1 Å². The number of carbonyl (C=O) groups excluding carboxylic acids is 1. The van der Waals surface area contributed by atoms with Crippen LogP contribution in [0.5, 0.6) is 11.5 Å². The van der Waals surface area contributed by atoms with E-state index in [9.17, 15) is 9.59 Å². The number of methoxy groups -OCH3 is 2. The van der Waals surface area contributed by atoms with Gasteiger partial charge in [0.2, 0.25) is 0 Å². The van der Waals surface area contributed by atoms with Gasteiger partial charge in [0.05, 0.1) is 19.8 Å². The first-order chi connectivity index (χ1) is 8.04. The highest BCUT2D eigenvalue weighted by molar-refractivity contribution is 6.40. The molecule has 0 aromatic heterocycles. The zero-order valence-electron chi connectivity index (χ0n) is 9.94. The zero-order chi connectivity index (χ0) is 13.0. The number of carbonyl (C=O) groups is 2. The van der Waals surface area contributed by atoms with E-state index in [0.717, 1.165) is 5.56 Å². The van der Waals surface area contributed by atoms with Gasteiger partial charge in [-0.2, -0.15) is 0 Å². The van der Waals surface area contributed by atoms with Crippen molar-refractivity contribution in [1.29, 1.82) is 0 Å². The van der Waals surface area contributed by atoms with Crippen LogP contribution in [0.2, 0.25) is 0 Å². The first kappa shape index (κ1) is 13.0. The summed E-state index contributed by atoms with van der Waals surface area (Å²) in [4.78, 5) is 22.2. The van der Waals surface area contributed by atoms with Crippen molar-refractivity contribution in [1.82, 2.24) is 0 Å². The number of aliphatic carboxylic acids is 1. The highest BCUT2D eigenvalue weighted by atomic mass is 16.5. The minimum Gasteiger partial charge on any atom is -0.496 e. The number of ether oxygens (including phenoxy) is 2. The molecule has 0 atom stereocenters. The molecule has 0 saturated carbocycles. The lowest BCUT2D eigenvalue weighted by molar-refractivity contribution is -0.131. The Kier molecular flexibility index (Phi) is 4.09. The predicted octanol–water partition coefficient (Wildman–Crippen LogP) is 1.53. The predicted molar refractivity (Wildman–Crippen MR) is 60.9 cm³/mol. The average Bonchev–Trinajstić information content (AvgIpc) is 2.35. The van der Waals surface area contributed by atoms with Gasteiger partial charge in [0, 0.05) is 6.07 Å². The van der Waals surface area contributed by atoms with Crippen LogP contribution in [0, 0.1) is 0 Å². The third-order valence-electron chi connectivity index (χ3n) is 2.42. The van der Waals surface area contributed by atoms with E-state index in [2.05, 4.69) is 0 Å². The van der Waals surface area contributed by atoms with Gasteiger partial charge in [-0.3, -0.25) is 4.79 Å². The molecule has 5 nitrogen and oxygen atoms in total. The van der Waals surface area contributed by atoms with E-state index in [-0.39, 0.29) is 11.3 Å². The second kappa shape index (κ2) is 5.34. The van der Waals surface area contributed by atoms with Crippen LogP contribution >= 0.6 is 0 Å². The standard InChI is InChI=1S/C12H14O5/c1-4-7-5-8(11(13)12(14)15)10(17-3)6-9(7)16-2/h5-6H,4H2,1-3H3,(H,14,15). The molecule has 0 fully saturated rings. The number of benzene rings is 1. The van der Waals surface area contributed by atoms with Crippen molar-refractivity contribution in [2.75, 3.05) is 14.2 Å². The quantitative estimate of drug-likeness (QED) is 0.622. The lowest BCUT2D eigenvalue weighted by Crippen LogP contribution is -2.14. The maximum Gasteiger partial charge on any atom is 0.377 e. The molecule has 0 aliphatic rings. The summed E-state index contributed by atoms with van der Waals surface area (Å²) in [6.07, 6.45) is 0.632. The van der Waals surface area contributed by atoms with Crippen molar-refractivity contribution in [2.24, 2.45) is 0 Å². The molecule has 92 valence electrons. The summed E-state index contributed by atoms with van der Waals surface area (Å²) >= 11 is 0. The summed E-state index contributed by atoms with van der Waals surface area (Å²) in [6.45, 7) is 1.89. The maximum absolute atomic E-state index is 11.5. The Hall–Kier alpha value is -2.04. The molecule has 0 aliphatic carbocycles. The Morgan fingerprint density at radius 3 is 2.18 bits per heavy atom. The monoisotopic (exact) mass is 238 g/mol. The first-order valence-electron chi connectivity index (χ1n) is 5.07. The fraction of sp³-hybridized carbons (Fsp3) is 0.333. The number of ketones is 1. The second-order valence-corrected chi connectivity index (χ2v) is 3.35. The van der Waals surface area contributed by atoms with Gasteiger partial charge >= 0.3 is 5.97 Å². The van der Waals surface area contributed by atoms with Crippen molar-refractivity contribution >= 4 is 11.8 Å². The minimum atomic E-state index is -1.50. The van der Waals surface area contributed by atoms with Crippen LogP contribution in [0.4, 0.5) is 0 Å². The Balaban J connectivity index is 3.38. The van der Waals surface area contributed by atoms with Gasteiger partial charge in [-0.05, 0) is 18.1 Å². The number of carboxylic acids is 1. The largest absolute Gasteiger partial charge is 0.496 e. The van der Waals surface area contributed by atoms with Gasteiger partial charge in [-0.25, -0.2) is 4.79 Å². The highest BCUT2D eigenvalue weighted by Gasteiger charge is 2.21. The number of rotatable bonds is 5. The summed E-state index contributed by atoms with van der Waals surface area (Å²) in [5.41, 5.74) is 0.801. The highest BCUT2D eigenvalue weighted by Crippen LogP contribution is 2.29. The van der Waals surface area contributed by atoms with Crippen LogP contribution < -0.4 is 9.47 Å². The molecule has 0 aliphatic heterocycles. The third-order valence-corrected chi connectivity index (χ3v) is 2.42. The van der Waals surface area contributed by atoms with E-state index < -0.39 is 11.8 Å². The molecule has 1 aromatic carbocycles. The molecular formula is C12H14O5. The summed E-state index contributed by atoms with van der Waals surface area (Å²) in [5, 5.41) is 8.71. The maximum atomic E-state index is 11.5. The van der Waals surface area contributed by atoms with Crippen LogP contribution in [0.25, 0.3) is 0 Å². The van der Waals surface area contributed by atoms with Crippen LogP contribution in [0.1, 0.15) is 22.8 Å². The smallest absolute Gasteiger partial charge is 0.377 e. The van der Waals surface area contributed by atoms with Gasteiger partial charge in [0.1, 0.15) is 11.5 Å². The number of carboxylic acid groups (broad SMARTS) is 1. The molecule has 0 heterocycles. The number of hydrogen-bond donors (Lipinski definition) is 1. The van der Waals surface area contributed by atoms with Crippen molar-refractivity contribution in [3.8, 4) is 11.5 Å². The molecule has 1 N–H and O–H groups in total. The van der Waals surface area contributed by atoms with Gasteiger partial charge in [0.25, 0.3) is 5.78 Å². The Morgan fingerprint density at radius 1 is 1.18 bits per heavy atom. The molecule has 0 bridgehead atoms. The average molecular weight is 238 g/mol. The zero-order valence-corrected chi connectivity index (χ0v) is 9.94. The lowest BCUT2D eigenvalue weighted by atomic mass is 10.0. The SMILES string of the molecule is CCc1cc(C(=O)C(=O)O)c(OC)cc1OC. The molecule has 0 radical (unpaired) electrons. The van der Waals surface area contributed by atoms with Gasteiger partial charge in [0.15, 0.2) is 0 Å². The van der Waals surface area contributed by atoms with Crippen molar-refractivity contribution in [3.05, 3.63) is 23.3 Å². The molecule has 0 unspecified atom stereocenters. The molecular weight excluding hydrogens is 224 g/mol. The molecule has 0 spiro atoms. The van der Waals surface area contributed by atoms with E-state index in [1.807, 2.05) is 6.92 Å². The topological polar surface area (TPSA) is 72.8 Å². The molecule has 5 heteroatoms. The van der Waals surface area contributed by atoms with E-state index in [1.165, 1.54) is 26.4 Å². The normalized spacial score (nSPS) is 9.82. The molecule has 1 aromatic rings. The van der Waals surface area contributed by atoms with Crippen molar-refractivity contribution in [2.45, 2.75) is 13.3 Å². The van der Waals surface area contributed by atoms with Gasteiger partial charge in [-0.1, -0.05) is 6.92 Å². The van der Waals surface area contributed by atoms with Crippen molar-refractivity contribution in [3.63, 3.8) is 0 Å². The molecule has 0 saturated heterocycles. The summed E-state index contributed by atoms with van der Waals surface area (Å²) in [7, 11) is 2.88. The molecule has 1 rings (SSSR count). The van der Waals surface area contributed by atoms with Crippen LogP contribution in [-0.2, 0) is 11.2 Å². The summed E-state index contributed by atoms with van der Waals surface area (Å²) in [5.74, 6) is -1.72. The van der Waals surface area contributed by atoms with Gasteiger partial charge in [-0.15, -0.1) is 0 Å². The minimum absolute atomic E-state index is 0.0395. The Morgan fingerprint density at radius 2 is 1.76 bits per heavy atom. The van der Waals surface area contributed by atoms with Crippen molar-refractivity contribution < 1.29 is 24.2 Å². The summed E-state index contributed by atoms with van der Waals surface area (Å²) < 4.78 is 10.1. The van der Waals surface area contributed by atoms with E-state index in [1.54, 1.807) is 0 Å². The summed E-state index contributed by atoms with van der Waals surface area (Å²) in [6, 6.07) is 3.02. The lowest BCUT2D eigenvalue weighted by Gasteiger charge is -2.12. The Bertz CT molecular complexity index is 450. The van der Waals surface area contributed by atoms with Crippen LogP contribution in [0.3, 0.4) is 0 Å². The number of Topliss-reactive ketones (excluding diaryl/α,β-unsaturated/α-hetero) is 1. The molecule has 0 amide bonds. The Labute approximate surface area is 99.0 Å². The van der Waals surface area contributed by atoms with Gasteiger partial charge < -0.3 is 14.6 Å². The van der Waals surface area contributed by atoms with E-state index >= 15 is 0 Å². The van der Waals surface area contributed by atoms with E-state index in [4.69, 9.17) is 14.6 Å². The fourth-order valence-electron chi connectivity index (χ4n) is 1.53. The number of aryl methyl sites for hydroxylation is 1. The fourth-order valence-corrected chi connectivity index (χ4v) is 1.53. The number of hydrogen-bond acceptors (Lipinski definition) is 4. The first-order valence-corrected chi connectivity index (χ1v) is 5.07. The molecule has 17 heavy (non-hydrogen) atoms. The second-order valence-electron chi connectivity index (χ2n) is 3.35. The van der Waals surface area contributed by atoms with E-state index in [0.29, 0.717) is 12.2 Å². The van der Waals surface area contributed by atoms with Crippen LogP contribution in [0.15, 0.2) is 12.1 Å².